The highest BCUT2D eigenvalue weighted by molar-refractivity contribution is 5.89. The summed E-state index contributed by atoms with van der Waals surface area (Å²) in [5, 5.41) is 8.89. The normalized spacial score (nSPS) is 14.3. The number of rotatable bonds is 4. The molecule has 158 valence electrons. The second kappa shape index (κ2) is 7.91. The average molecular weight is 414 g/mol. The lowest BCUT2D eigenvalue weighted by Crippen LogP contribution is -2.47. The van der Waals surface area contributed by atoms with Gasteiger partial charge in [-0.2, -0.15) is 15.1 Å². The topological polar surface area (TPSA) is 62.1 Å². The Morgan fingerprint density at radius 3 is 2.39 bits per heavy atom. The highest BCUT2D eigenvalue weighted by Gasteiger charge is 2.22. The van der Waals surface area contributed by atoms with E-state index in [1.54, 1.807) is 0 Å². The monoisotopic (exact) mass is 413 g/mol. The second-order valence-electron chi connectivity index (χ2n) is 8.13. The van der Waals surface area contributed by atoms with E-state index in [1.165, 1.54) is 16.8 Å². The lowest BCUT2D eigenvalue weighted by atomic mass is 10.1. The first-order chi connectivity index (χ1) is 15.1. The summed E-state index contributed by atoms with van der Waals surface area (Å²) in [4.78, 5) is 14.5. The van der Waals surface area contributed by atoms with E-state index in [0.717, 1.165) is 54.7 Å². The number of para-hydroxylation sites is 1. The molecule has 1 aliphatic heterocycles. The molecule has 1 saturated heterocycles. The van der Waals surface area contributed by atoms with Gasteiger partial charge in [0.25, 0.3) is 0 Å². The Morgan fingerprint density at radius 1 is 0.871 bits per heavy atom. The van der Waals surface area contributed by atoms with Gasteiger partial charge in [-0.25, -0.2) is 0 Å². The number of nitrogens with zero attached hydrogens (tertiary/aromatic N) is 6. The van der Waals surface area contributed by atoms with E-state index in [0.29, 0.717) is 0 Å². The van der Waals surface area contributed by atoms with Gasteiger partial charge in [0.1, 0.15) is 5.82 Å². The predicted octanol–water partition coefficient (Wildman–Crippen LogP) is 4.05. The molecule has 7 nitrogen and oxygen atoms in total. The molecule has 1 aliphatic rings. The van der Waals surface area contributed by atoms with Crippen LogP contribution in [-0.2, 0) is 7.05 Å². The molecule has 5 rings (SSSR count). The number of fused-ring (bicyclic) bond motifs is 1. The molecule has 1 fully saturated rings. The standard InChI is InChI=1S/C24H27N7/c1-17-9-10-18(2)21(15-17)26-22-20-16-25-29(3)23(20)28-24(27-22)31-13-11-30(12-14-31)19-7-5-4-6-8-19/h4-10,15-16H,11-14H2,1-3H3,(H,26,27,28). The maximum Gasteiger partial charge on any atom is 0.229 e. The van der Waals surface area contributed by atoms with Gasteiger partial charge < -0.3 is 15.1 Å². The summed E-state index contributed by atoms with van der Waals surface area (Å²) < 4.78 is 1.81. The van der Waals surface area contributed by atoms with Crippen molar-refractivity contribution >= 4 is 34.2 Å². The fourth-order valence-electron chi connectivity index (χ4n) is 4.05. The van der Waals surface area contributed by atoms with Crippen molar-refractivity contribution < 1.29 is 0 Å². The van der Waals surface area contributed by atoms with Gasteiger partial charge in [0.2, 0.25) is 5.95 Å². The molecule has 31 heavy (non-hydrogen) atoms. The Labute approximate surface area is 182 Å². The summed E-state index contributed by atoms with van der Waals surface area (Å²) in [5.74, 6) is 1.55. The van der Waals surface area contributed by atoms with Crippen LogP contribution in [-0.4, -0.2) is 45.9 Å². The maximum absolute atomic E-state index is 4.93. The largest absolute Gasteiger partial charge is 0.368 e. The van der Waals surface area contributed by atoms with Crippen LogP contribution < -0.4 is 15.1 Å². The third kappa shape index (κ3) is 3.79. The van der Waals surface area contributed by atoms with Gasteiger partial charge in [0, 0.05) is 44.6 Å². The quantitative estimate of drug-likeness (QED) is 0.545. The number of aryl methyl sites for hydroxylation is 3. The summed E-state index contributed by atoms with van der Waals surface area (Å²) in [6.07, 6.45) is 1.83. The molecular weight excluding hydrogens is 386 g/mol. The van der Waals surface area contributed by atoms with Crippen LogP contribution >= 0.6 is 0 Å². The van der Waals surface area contributed by atoms with Gasteiger partial charge in [-0.15, -0.1) is 0 Å². The molecule has 0 amide bonds. The van der Waals surface area contributed by atoms with Crippen molar-refractivity contribution in [1.82, 2.24) is 19.7 Å². The first kappa shape index (κ1) is 19.4. The van der Waals surface area contributed by atoms with E-state index in [4.69, 9.17) is 9.97 Å². The highest BCUT2D eigenvalue weighted by Crippen LogP contribution is 2.28. The molecule has 2 aromatic carbocycles. The minimum Gasteiger partial charge on any atom is -0.368 e. The molecule has 2 aromatic heterocycles. The first-order valence-electron chi connectivity index (χ1n) is 10.7. The van der Waals surface area contributed by atoms with Crippen LogP contribution in [0.1, 0.15) is 11.1 Å². The van der Waals surface area contributed by atoms with Gasteiger partial charge in [0.15, 0.2) is 5.65 Å². The molecule has 0 spiro atoms. The number of piperazine rings is 1. The Bertz CT molecular complexity index is 1210. The molecule has 0 radical (unpaired) electrons. The molecule has 0 aliphatic carbocycles. The van der Waals surface area contributed by atoms with Gasteiger partial charge in [-0.3, -0.25) is 4.68 Å². The predicted molar refractivity (Wildman–Crippen MR) is 126 cm³/mol. The van der Waals surface area contributed by atoms with Crippen LogP contribution in [0.3, 0.4) is 0 Å². The zero-order chi connectivity index (χ0) is 21.4. The van der Waals surface area contributed by atoms with E-state index >= 15 is 0 Å². The van der Waals surface area contributed by atoms with Crippen LogP contribution in [0.2, 0.25) is 0 Å². The van der Waals surface area contributed by atoms with E-state index in [9.17, 15) is 0 Å². The highest BCUT2D eigenvalue weighted by atomic mass is 15.4. The van der Waals surface area contributed by atoms with Crippen molar-refractivity contribution in [2.75, 3.05) is 41.3 Å². The molecule has 1 N–H and O–H groups in total. The summed E-state index contributed by atoms with van der Waals surface area (Å²) in [6.45, 7) is 7.84. The Kier molecular flexibility index (Phi) is 4.94. The maximum atomic E-state index is 4.93. The number of nitrogens with one attached hydrogen (secondary N) is 1. The van der Waals surface area contributed by atoms with E-state index in [-0.39, 0.29) is 0 Å². The lowest BCUT2D eigenvalue weighted by Gasteiger charge is -2.36. The van der Waals surface area contributed by atoms with Crippen molar-refractivity contribution in [2.45, 2.75) is 13.8 Å². The van der Waals surface area contributed by atoms with E-state index < -0.39 is 0 Å². The van der Waals surface area contributed by atoms with Gasteiger partial charge in [-0.05, 0) is 43.2 Å². The molecular formula is C24H27N7. The number of aromatic nitrogens is 4. The zero-order valence-corrected chi connectivity index (χ0v) is 18.2. The SMILES string of the molecule is Cc1ccc(C)c(Nc2nc(N3CCN(c4ccccc4)CC3)nc3c2cnn3C)c1. The van der Waals surface area contributed by atoms with Crippen molar-refractivity contribution in [3.63, 3.8) is 0 Å². The Morgan fingerprint density at radius 2 is 1.61 bits per heavy atom. The molecule has 0 bridgehead atoms. The fourth-order valence-corrected chi connectivity index (χ4v) is 4.05. The molecule has 0 atom stereocenters. The summed E-state index contributed by atoms with van der Waals surface area (Å²) >= 11 is 0. The van der Waals surface area contributed by atoms with Crippen molar-refractivity contribution in [2.24, 2.45) is 7.05 Å². The minimum atomic E-state index is 0.747. The smallest absolute Gasteiger partial charge is 0.229 e. The summed E-state index contributed by atoms with van der Waals surface area (Å²) in [5.41, 5.74) is 5.55. The van der Waals surface area contributed by atoms with Crippen LogP contribution in [0.4, 0.5) is 23.1 Å². The van der Waals surface area contributed by atoms with Gasteiger partial charge in [0.05, 0.1) is 11.6 Å². The second-order valence-corrected chi connectivity index (χ2v) is 8.13. The van der Waals surface area contributed by atoms with E-state index in [2.05, 4.69) is 82.6 Å². The zero-order valence-electron chi connectivity index (χ0n) is 18.2. The number of hydrogen-bond acceptors (Lipinski definition) is 6. The number of benzene rings is 2. The van der Waals surface area contributed by atoms with Gasteiger partial charge in [-0.1, -0.05) is 30.3 Å². The van der Waals surface area contributed by atoms with Crippen LogP contribution in [0.5, 0.6) is 0 Å². The third-order valence-electron chi connectivity index (χ3n) is 5.91. The van der Waals surface area contributed by atoms with Crippen LogP contribution in [0.25, 0.3) is 11.0 Å². The average Bonchev–Trinajstić information content (AvgIpc) is 3.18. The molecule has 3 heterocycles. The van der Waals surface area contributed by atoms with Crippen molar-refractivity contribution in [3.8, 4) is 0 Å². The van der Waals surface area contributed by atoms with Crippen molar-refractivity contribution in [1.29, 1.82) is 0 Å². The first-order valence-corrected chi connectivity index (χ1v) is 10.7. The van der Waals surface area contributed by atoms with E-state index in [1.807, 2.05) is 17.9 Å². The molecule has 0 unspecified atom stereocenters. The van der Waals surface area contributed by atoms with Crippen LogP contribution in [0, 0.1) is 13.8 Å². The summed E-state index contributed by atoms with van der Waals surface area (Å²) in [7, 11) is 1.92. The summed E-state index contributed by atoms with van der Waals surface area (Å²) in [6, 6.07) is 17.0. The van der Waals surface area contributed by atoms with Crippen LogP contribution in [0.15, 0.2) is 54.7 Å². The Hall–Kier alpha value is -3.61. The fraction of sp³-hybridized carbons (Fsp3) is 0.292. The van der Waals surface area contributed by atoms with Gasteiger partial charge >= 0.3 is 0 Å². The molecule has 7 heteroatoms. The molecule has 4 aromatic rings. The minimum absolute atomic E-state index is 0.747. The van der Waals surface area contributed by atoms with Crippen molar-refractivity contribution in [3.05, 3.63) is 65.9 Å². The Balaban J connectivity index is 1.45. The molecule has 0 saturated carbocycles. The number of hydrogen-bond donors (Lipinski definition) is 1. The third-order valence-corrected chi connectivity index (χ3v) is 5.91. The lowest BCUT2D eigenvalue weighted by molar-refractivity contribution is 0.640. The number of anilines is 4.